The van der Waals surface area contributed by atoms with E-state index in [1.807, 2.05) is 0 Å². The molecule has 2 heterocycles. The number of amides is 2. The van der Waals surface area contributed by atoms with Crippen molar-refractivity contribution in [2.24, 2.45) is 0 Å². The lowest BCUT2D eigenvalue weighted by Gasteiger charge is -2.46. The van der Waals surface area contributed by atoms with Crippen molar-refractivity contribution in [3.63, 3.8) is 0 Å². The molecule has 0 aromatic rings. The molecule has 2 aliphatic heterocycles. The summed E-state index contributed by atoms with van der Waals surface area (Å²) in [6.45, 7) is 11.4. The number of nitrogens with one attached hydrogen (secondary N) is 2. The summed E-state index contributed by atoms with van der Waals surface area (Å²) in [6, 6.07) is -3.37. The van der Waals surface area contributed by atoms with Crippen LogP contribution in [0.1, 0.15) is 485 Å². The Kier molecular flexibility index (Phi) is 72.2. The summed E-state index contributed by atoms with van der Waals surface area (Å²) in [5, 5.41) is 51.8. The van der Waals surface area contributed by atoms with Gasteiger partial charge >= 0.3 is 31.7 Å². The summed E-state index contributed by atoms with van der Waals surface area (Å²) in [5.41, 5.74) is 0. The van der Waals surface area contributed by atoms with Crippen LogP contribution >= 0.6 is 7.82 Å². The van der Waals surface area contributed by atoms with E-state index in [1.54, 1.807) is 0 Å². The highest BCUT2D eigenvalue weighted by atomic mass is 31.2. The molecule has 2 rings (SSSR count). The number of unbranched alkanes of at least 4 members (excludes halogenated alkanes) is 54. The van der Waals surface area contributed by atoms with E-state index in [-0.39, 0.29) is 32.1 Å². The molecule has 23 nitrogen and oxygen atoms in total. The van der Waals surface area contributed by atoms with E-state index >= 15 is 0 Å². The fourth-order valence-electron chi connectivity index (χ4n) is 16.7. The SMILES string of the molecule is CCCCCCCCCCCCCCCC(=O)O[C@H](CCCCCCCCCCC)CC(=O)NC1[C@H](O)OC(CO[C@@H]2OC(CO)[C@@H](OP(=O)(O)O)C(OC(=O)C[C@@H](CCCCCCCCCCC)OC(=O)CCCCCCCCCCCCC)[C@@H]2NC(=O)C[C@@H](CCCCCCCCCCC)OC(=O)CCCCCCCCCCC)[C@@H](O)[C@@H]1O. The fourth-order valence-corrected chi connectivity index (χ4v) is 17.3. The van der Waals surface area contributed by atoms with Gasteiger partial charge in [-0.2, -0.15) is 0 Å². The average molecular weight is 1730 g/mol. The van der Waals surface area contributed by atoms with E-state index in [2.05, 4.69) is 52.2 Å². The molecule has 0 aliphatic carbocycles. The van der Waals surface area contributed by atoms with Crippen molar-refractivity contribution in [3.8, 4) is 0 Å². The van der Waals surface area contributed by atoms with Crippen LogP contribution in [-0.2, 0) is 71.0 Å². The van der Waals surface area contributed by atoms with Crippen LogP contribution in [0.4, 0.5) is 0 Å². The van der Waals surface area contributed by atoms with E-state index < -0.39 is 149 Å². The molecule has 120 heavy (non-hydrogen) atoms. The highest BCUT2D eigenvalue weighted by molar-refractivity contribution is 7.46. The molecule has 0 saturated carbocycles. The number of aliphatic hydroxyl groups excluding tert-OH is 4. The minimum atomic E-state index is -5.58. The number of phosphoric acid groups is 1. The number of ether oxygens (including phenoxy) is 7. The summed E-state index contributed by atoms with van der Waals surface area (Å²) in [6.07, 6.45) is 46.8. The number of aliphatic hydroxyl groups is 4. The number of hydrogen-bond donors (Lipinski definition) is 8. The molecule has 0 radical (unpaired) electrons. The molecule has 0 spiro atoms. The molecule has 706 valence electrons. The molecule has 0 aromatic heterocycles. The summed E-state index contributed by atoms with van der Waals surface area (Å²) in [5.74, 6) is -3.84. The van der Waals surface area contributed by atoms with E-state index in [0.717, 1.165) is 173 Å². The summed E-state index contributed by atoms with van der Waals surface area (Å²) < 4.78 is 61.4. The minimum absolute atomic E-state index is 0.124. The molecule has 2 amide bonds. The molecule has 4 unspecified atom stereocenters. The average Bonchev–Trinajstić information content (AvgIpc) is 0.777. The molecule has 24 heteroatoms. The first kappa shape index (κ1) is 113. The second-order valence-electron chi connectivity index (χ2n) is 35.5. The maximum Gasteiger partial charge on any atom is 0.470 e. The van der Waals surface area contributed by atoms with Gasteiger partial charge < -0.3 is 74.0 Å². The predicted molar refractivity (Wildman–Crippen MR) is 478 cm³/mol. The topological polar surface area (TPSA) is 339 Å². The van der Waals surface area contributed by atoms with Gasteiger partial charge in [-0.1, -0.05) is 388 Å². The van der Waals surface area contributed by atoms with E-state index in [1.165, 1.54) is 173 Å². The number of rotatable bonds is 84. The van der Waals surface area contributed by atoms with Crippen molar-refractivity contribution in [1.82, 2.24) is 10.6 Å². The first-order chi connectivity index (χ1) is 58.2. The molecule has 2 aliphatic rings. The van der Waals surface area contributed by atoms with Gasteiger partial charge in [-0.05, 0) is 57.8 Å². The van der Waals surface area contributed by atoms with Crippen LogP contribution in [0.5, 0.6) is 0 Å². The number of hydrogen-bond acceptors (Lipinski definition) is 19. The van der Waals surface area contributed by atoms with Crippen LogP contribution in [0, 0.1) is 0 Å². The van der Waals surface area contributed by atoms with Gasteiger partial charge in [0.1, 0.15) is 60.9 Å². The zero-order chi connectivity index (χ0) is 87.7. The van der Waals surface area contributed by atoms with Gasteiger partial charge in [-0.15, -0.1) is 0 Å². The molecular formula is C96H181N2O21P. The Morgan fingerprint density at radius 1 is 0.333 bits per heavy atom. The second kappa shape index (κ2) is 76.8. The van der Waals surface area contributed by atoms with Crippen LogP contribution in [0.25, 0.3) is 0 Å². The van der Waals surface area contributed by atoms with Gasteiger partial charge in [0, 0.05) is 19.3 Å². The van der Waals surface area contributed by atoms with Crippen LogP contribution in [-0.4, -0.2) is 159 Å². The highest BCUT2D eigenvalue weighted by Crippen LogP contribution is 2.43. The number of carbonyl (C=O) groups is 6. The third kappa shape index (κ3) is 60.3. The van der Waals surface area contributed by atoms with Crippen molar-refractivity contribution >= 4 is 43.5 Å². The lowest BCUT2D eigenvalue weighted by atomic mass is 9.95. The Bertz CT molecular complexity index is 2510. The lowest BCUT2D eigenvalue weighted by molar-refractivity contribution is -0.297. The Balaban J connectivity index is 2.56. The van der Waals surface area contributed by atoms with Crippen LogP contribution < -0.4 is 10.6 Å². The maximum absolute atomic E-state index is 15.0. The van der Waals surface area contributed by atoms with Crippen molar-refractivity contribution in [1.29, 1.82) is 0 Å². The monoisotopic (exact) mass is 1730 g/mol. The normalized spacial score (nSPS) is 20.2. The predicted octanol–water partition coefficient (Wildman–Crippen LogP) is 22.3. The number of phosphoric ester groups is 1. The van der Waals surface area contributed by atoms with Gasteiger partial charge in [0.15, 0.2) is 18.7 Å². The standard InChI is InChI=1S/C96H181N2O21P/c1-7-13-19-25-31-37-39-40-42-48-54-59-65-70-85(102)113-78(67-61-55-49-43-33-27-21-15-9-3)73-83(100)97-89-92(107)91(106)82(116-95(89)108)77-112-96-90(98-84(101)74-79(68-62-56-50-44-34-28-22-16-10-4)114-86(103)71-64-58-52-46-36-30-24-18-12-6)94(93(81(76-99)117-96)119-120(109,110)111)118-88(105)75-80(69-63-57-51-45-35-29-23-17-11-5)115-87(104)72-66-60-53-47-41-38-32-26-20-14-8-2/h78-82,89-96,99,106-108H,7-77H2,1-6H3,(H,97,100)(H,98,101)(H2,109,110,111)/t78-,79-,80-,81?,82?,89?,90+,91-,92-,93-,94?,95-,96-/m1/s1. The zero-order valence-electron chi connectivity index (χ0n) is 77.0. The first-order valence-corrected chi connectivity index (χ1v) is 51.4. The summed E-state index contributed by atoms with van der Waals surface area (Å²) in [7, 11) is -5.58. The molecular weight excluding hydrogens is 1550 g/mol. The van der Waals surface area contributed by atoms with Crippen molar-refractivity contribution < 1.29 is 101 Å². The molecule has 8 N–H and O–H groups in total. The third-order valence-electron chi connectivity index (χ3n) is 24.1. The lowest BCUT2D eigenvalue weighted by Crippen LogP contribution is -2.67. The largest absolute Gasteiger partial charge is 0.470 e. The third-order valence-corrected chi connectivity index (χ3v) is 24.6. The van der Waals surface area contributed by atoms with Crippen molar-refractivity contribution in [3.05, 3.63) is 0 Å². The minimum Gasteiger partial charge on any atom is -0.462 e. The second-order valence-corrected chi connectivity index (χ2v) is 36.7. The van der Waals surface area contributed by atoms with Crippen molar-refractivity contribution in [2.45, 2.75) is 564 Å². The Hall–Kier alpha value is -3.35. The Morgan fingerprint density at radius 2 is 0.608 bits per heavy atom. The molecule has 0 aromatic carbocycles. The van der Waals surface area contributed by atoms with Crippen molar-refractivity contribution in [2.75, 3.05) is 13.2 Å². The van der Waals surface area contributed by atoms with E-state index in [9.17, 15) is 63.5 Å². The molecule has 2 saturated heterocycles. The molecule has 0 bridgehead atoms. The maximum atomic E-state index is 15.0. The van der Waals surface area contributed by atoms with Gasteiger partial charge in [0.25, 0.3) is 0 Å². The quantitative estimate of drug-likeness (QED) is 0.0121. The summed E-state index contributed by atoms with van der Waals surface area (Å²) in [4.78, 5) is 106. The Morgan fingerprint density at radius 3 is 0.900 bits per heavy atom. The van der Waals surface area contributed by atoms with Gasteiger partial charge in [-0.3, -0.25) is 33.3 Å². The Labute approximate surface area is 729 Å². The smallest absolute Gasteiger partial charge is 0.462 e. The van der Waals surface area contributed by atoms with Gasteiger partial charge in [0.2, 0.25) is 11.8 Å². The van der Waals surface area contributed by atoms with Gasteiger partial charge in [0.05, 0.1) is 32.5 Å². The van der Waals surface area contributed by atoms with Crippen LogP contribution in [0.3, 0.4) is 0 Å². The number of esters is 4. The summed E-state index contributed by atoms with van der Waals surface area (Å²) >= 11 is 0. The van der Waals surface area contributed by atoms with E-state index in [4.69, 9.17) is 37.7 Å². The fraction of sp³-hybridized carbons (Fsp3) is 0.938. The zero-order valence-corrected chi connectivity index (χ0v) is 77.9. The van der Waals surface area contributed by atoms with Crippen LogP contribution in [0.15, 0.2) is 0 Å². The van der Waals surface area contributed by atoms with Crippen LogP contribution in [0.2, 0.25) is 0 Å². The highest BCUT2D eigenvalue weighted by Gasteiger charge is 2.53. The molecule has 13 atom stereocenters. The first-order valence-electron chi connectivity index (χ1n) is 49.9. The van der Waals surface area contributed by atoms with E-state index in [0.29, 0.717) is 51.4 Å². The molecule has 2 fully saturated rings. The van der Waals surface area contributed by atoms with Gasteiger partial charge in [-0.25, -0.2) is 4.57 Å². The number of carbonyl (C=O) groups excluding carboxylic acids is 6.